The molecule has 1 aromatic heterocycles. The van der Waals surface area contributed by atoms with Gasteiger partial charge in [-0.05, 0) is 48.4 Å². The van der Waals surface area contributed by atoms with Crippen LogP contribution in [0.3, 0.4) is 0 Å². The van der Waals surface area contributed by atoms with Crippen LogP contribution < -0.4 is 14.8 Å². The number of nitrogens with one attached hydrogen (secondary N) is 1. The number of amides is 1. The van der Waals surface area contributed by atoms with E-state index < -0.39 is 0 Å². The maximum Gasteiger partial charge on any atom is 0.231 e. The third kappa shape index (κ3) is 4.11. The fraction of sp³-hybridized carbons (Fsp3) is 0.185. The van der Waals surface area contributed by atoms with Crippen LogP contribution in [-0.2, 0) is 11.3 Å². The average molecular weight is 499 g/mol. The molecule has 0 unspecified atom stereocenters. The molecule has 4 aromatic rings. The number of ether oxygens (including phenoxy) is 2. The summed E-state index contributed by atoms with van der Waals surface area (Å²) in [5.74, 6) is 2.01. The third-order valence-electron chi connectivity index (χ3n) is 6.35. The van der Waals surface area contributed by atoms with Crippen molar-refractivity contribution in [1.82, 2.24) is 14.8 Å². The van der Waals surface area contributed by atoms with Crippen LogP contribution >= 0.6 is 11.8 Å². The maximum atomic E-state index is 13.1. The Morgan fingerprint density at radius 3 is 2.75 bits per heavy atom. The molecule has 3 heterocycles. The van der Waals surface area contributed by atoms with Gasteiger partial charge < -0.3 is 14.8 Å². The van der Waals surface area contributed by atoms with Crippen molar-refractivity contribution in [2.45, 2.75) is 24.5 Å². The van der Waals surface area contributed by atoms with E-state index in [2.05, 4.69) is 15.5 Å². The van der Waals surface area contributed by atoms with Crippen molar-refractivity contribution in [2.24, 2.45) is 0 Å². The van der Waals surface area contributed by atoms with Crippen LogP contribution in [0.5, 0.6) is 11.5 Å². The number of anilines is 1. The highest BCUT2D eigenvalue weighted by molar-refractivity contribution is 7.99. The smallest absolute Gasteiger partial charge is 0.231 e. The standard InChI is InChI=1S/C27H22N4O4S/c1-16-20-12-19(8-9-21(20)28-26(16)33)22(32)14-36-27-30-29-25(18-5-3-2-4-6-18)31(27)13-17-7-10-23-24(11-17)35-15-34-23/h2-12,16H,13-15H2,1H3,(H,28,33)/t16-/m1/s1. The zero-order valence-electron chi connectivity index (χ0n) is 19.4. The Hall–Kier alpha value is -4.11. The second-order valence-corrected chi connectivity index (χ2v) is 9.61. The summed E-state index contributed by atoms with van der Waals surface area (Å²) in [4.78, 5) is 25.0. The number of fused-ring (bicyclic) bond motifs is 2. The summed E-state index contributed by atoms with van der Waals surface area (Å²) in [5.41, 5.74) is 4.15. The first-order valence-corrected chi connectivity index (χ1v) is 12.5. The molecule has 0 spiro atoms. The molecule has 0 aliphatic carbocycles. The number of carbonyl (C=O) groups excluding carboxylic acids is 2. The quantitative estimate of drug-likeness (QED) is 0.290. The normalized spacial score (nSPS) is 15.6. The van der Waals surface area contributed by atoms with Gasteiger partial charge in [0, 0.05) is 16.8 Å². The highest BCUT2D eigenvalue weighted by atomic mass is 32.2. The zero-order valence-corrected chi connectivity index (χ0v) is 20.2. The number of aromatic nitrogens is 3. The fourth-order valence-electron chi connectivity index (χ4n) is 4.36. The van der Waals surface area contributed by atoms with Crippen LogP contribution in [-0.4, -0.2) is 39.0 Å². The Kier molecular flexibility index (Phi) is 5.69. The van der Waals surface area contributed by atoms with E-state index in [0.717, 1.165) is 34.0 Å². The molecule has 8 nitrogen and oxygen atoms in total. The Morgan fingerprint density at radius 2 is 1.89 bits per heavy atom. The van der Waals surface area contributed by atoms with Crippen molar-refractivity contribution in [3.8, 4) is 22.9 Å². The van der Waals surface area contributed by atoms with Crippen molar-refractivity contribution >= 4 is 29.1 Å². The predicted molar refractivity (Wildman–Crippen MR) is 136 cm³/mol. The molecule has 0 saturated heterocycles. The minimum Gasteiger partial charge on any atom is -0.454 e. The van der Waals surface area contributed by atoms with Crippen LogP contribution in [0.2, 0.25) is 0 Å². The van der Waals surface area contributed by atoms with Crippen molar-refractivity contribution < 1.29 is 19.1 Å². The van der Waals surface area contributed by atoms with Gasteiger partial charge in [-0.15, -0.1) is 10.2 Å². The number of nitrogens with zero attached hydrogens (tertiary/aromatic N) is 3. The highest BCUT2D eigenvalue weighted by Gasteiger charge is 2.27. The van der Waals surface area contributed by atoms with Crippen molar-refractivity contribution in [1.29, 1.82) is 0 Å². The van der Waals surface area contributed by atoms with Gasteiger partial charge in [0.15, 0.2) is 28.3 Å². The van der Waals surface area contributed by atoms with Gasteiger partial charge in [0.1, 0.15) is 0 Å². The molecule has 36 heavy (non-hydrogen) atoms. The fourth-order valence-corrected chi connectivity index (χ4v) is 5.20. The van der Waals surface area contributed by atoms with Crippen LogP contribution in [0.15, 0.2) is 71.9 Å². The van der Waals surface area contributed by atoms with E-state index in [0.29, 0.717) is 23.0 Å². The largest absolute Gasteiger partial charge is 0.454 e. The summed E-state index contributed by atoms with van der Waals surface area (Å²) in [7, 11) is 0. The van der Waals surface area contributed by atoms with E-state index in [4.69, 9.17) is 9.47 Å². The first-order chi connectivity index (χ1) is 17.6. The van der Waals surface area contributed by atoms with Gasteiger partial charge in [0.05, 0.1) is 18.2 Å². The number of hydrogen-bond acceptors (Lipinski definition) is 7. The molecule has 0 bridgehead atoms. The highest BCUT2D eigenvalue weighted by Crippen LogP contribution is 2.35. The number of carbonyl (C=O) groups is 2. The van der Waals surface area contributed by atoms with Crippen LogP contribution in [0, 0.1) is 0 Å². The lowest BCUT2D eigenvalue weighted by atomic mass is 9.99. The van der Waals surface area contributed by atoms with Crippen LogP contribution in [0.1, 0.15) is 34.3 Å². The molecule has 2 aliphatic heterocycles. The van der Waals surface area contributed by atoms with Crippen molar-refractivity contribution in [3.63, 3.8) is 0 Å². The zero-order chi connectivity index (χ0) is 24.6. The molecule has 1 atom stereocenters. The lowest BCUT2D eigenvalue weighted by molar-refractivity contribution is -0.116. The molecular formula is C27H22N4O4S. The van der Waals surface area contributed by atoms with Gasteiger partial charge >= 0.3 is 0 Å². The van der Waals surface area contributed by atoms with Gasteiger partial charge in [-0.1, -0.05) is 48.2 Å². The number of hydrogen-bond donors (Lipinski definition) is 1. The SMILES string of the molecule is C[C@H]1C(=O)Nc2ccc(C(=O)CSc3nnc(-c4ccccc4)n3Cc3ccc4c(c3)OCO4)cc21. The lowest BCUT2D eigenvalue weighted by Gasteiger charge is -2.11. The topological polar surface area (TPSA) is 95.3 Å². The second kappa shape index (κ2) is 9.16. The molecular weight excluding hydrogens is 476 g/mol. The van der Waals surface area contributed by atoms with E-state index in [1.54, 1.807) is 12.1 Å². The summed E-state index contributed by atoms with van der Waals surface area (Å²) >= 11 is 1.35. The molecule has 6 rings (SSSR count). The number of benzene rings is 3. The van der Waals surface area contributed by atoms with E-state index in [1.165, 1.54) is 11.8 Å². The molecule has 180 valence electrons. The summed E-state index contributed by atoms with van der Waals surface area (Å²) in [6, 6.07) is 21.1. The Balaban J connectivity index is 1.26. The van der Waals surface area contributed by atoms with Crippen LogP contribution in [0.4, 0.5) is 5.69 Å². The summed E-state index contributed by atoms with van der Waals surface area (Å²) in [5, 5.41) is 12.4. The number of thioether (sulfide) groups is 1. The van der Waals surface area contributed by atoms with E-state index in [-0.39, 0.29) is 30.2 Å². The Bertz CT molecular complexity index is 1480. The molecule has 9 heteroatoms. The first kappa shape index (κ1) is 22.4. The molecule has 1 N–H and O–H groups in total. The second-order valence-electron chi connectivity index (χ2n) is 8.67. The van der Waals surface area contributed by atoms with E-state index >= 15 is 0 Å². The van der Waals surface area contributed by atoms with E-state index in [9.17, 15) is 9.59 Å². The number of rotatable bonds is 7. The Morgan fingerprint density at radius 1 is 1.06 bits per heavy atom. The van der Waals surface area contributed by atoms with Crippen molar-refractivity contribution in [2.75, 3.05) is 17.9 Å². The van der Waals surface area contributed by atoms with E-state index in [1.807, 2.05) is 66.1 Å². The molecule has 1 amide bonds. The lowest BCUT2D eigenvalue weighted by Crippen LogP contribution is -2.08. The molecule has 0 radical (unpaired) electrons. The van der Waals surface area contributed by atoms with Gasteiger partial charge in [-0.25, -0.2) is 0 Å². The minimum atomic E-state index is -0.265. The number of Topliss-reactive ketones (excluding diaryl/α,β-unsaturated/α-hetero) is 1. The summed E-state index contributed by atoms with van der Waals surface area (Å²) in [6.07, 6.45) is 0. The first-order valence-electron chi connectivity index (χ1n) is 11.5. The van der Waals surface area contributed by atoms with Crippen LogP contribution in [0.25, 0.3) is 11.4 Å². The molecule has 3 aromatic carbocycles. The monoisotopic (exact) mass is 498 g/mol. The van der Waals surface area contributed by atoms with Gasteiger partial charge in [0.25, 0.3) is 0 Å². The predicted octanol–water partition coefficient (Wildman–Crippen LogP) is 4.75. The maximum absolute atomic E-state index is 13.1. The van der Waals surface area contributed by atoms with Crippen molar-refractivity contribution in [3.05, 3.63) is 83.4 Å². The number of ketones is 1. The van der Waals surface area contributed by atoms with Gasteiger partial charge in [-0.3, -0.25) is 14.2 Å². The van der Waals surface area contributed by atoms with Gasteiger partial charge in [0.2, 0.25) is 12.7 Å². The minimum absolute atomic E-state index is 0.0340. The Labute approximate surface area is 211 Å². The summed E-state index contributed by atoms with van der Waals surface area (Å²) in [6.45, 7) is 2.57. The summed E-state index contributed by atoms with van der Waals surface area (Å²) < 4.78 is 13.0. The molecule has 2 aliphatic rings. The molecule has 0 fully saturated rings. The average Bonchev–Trinajstić information content (AvgIpc) is 3.60. The third-order valence-corrected chi connectivity index (χ3v) is 7.32. The molecule has 0 saturated carbocycles. The van der Waals surface area contributed by atoms with Gasteiger partial charge in [-0.2, -0.15) is 0 Å².